The summed E-state index contributed by atoms with van der Waals surface area (Å²) in [6.07, 6.45) is 2.48. The third kappa shape index (κ3) is 1.79. The molecule has 1 fully saturated rings. The van der Waals surface area contributed by atoms with Gasteiger partial charge in [0, 0.05) is 30.2 Å². The van der Waals surface area contributed by atoms with Crippen molar-refractivity contribution in [1.82, 2.24) is 0 Å². The number of benzene rings is 2. The summed E-state index contributed by atoms with van der Waals surface area (Å²) in [5, 5.41) is 2.66. The summed E-state index contributed by atoms with van der Waals surface area (Å²) in [5.41, 5.74) is 7.21. The standard InChI is InChI=1S/C15H18N2/c16-11-13-7-4-10-17(13)15-9-3-6-12-5-1-2-8-14(12)15/h1-3,5-6,8-9,13H,4,7,10-11,16H2. The molecule has 0 aromatic heterocycles. The number of rotatable bonds is 2. The highest BCUT2D eigenvalue weighted by molar-refractivity contribution is 5.94. The zero-order valence-corrected chi connectivity index (χ0v) is 9.97. The minimum atomic E-state index is 0.515. The molecule has 0 saturated carbocycles. The lowest BCUT2D eigenvalue weighted by molar-refractivity contribution is 0.678. The van der Waals surface area contributed by atoms with E-state index in [1.165, 1.54) is 29.3 Å². The van der Waals surface area contributed by atoms with Crippen LogP contribution in [-0.2, 0) is 0 Å². The molecule has 2 nitrogen and oxygen atoms in total. The maximum atomic E-state index is 5.86. The van der Waals surface area contributed by atoms with Crippen LogP contribution in [0.1, 0.15) is 12.8 Å². The summed E-state index contributed by atoms with van der Waals surface area (Å²) in [5.74, 6) is 0. The predicted molar refractivity (Wildman–Crippen MR) is 73.4 cm³/mol. The smallest absolute Gasteiger partial charge is 0.0448 e. The second-order valence-electron chi connectivity index (χ2n) is 4.72. The monoisotopic (exact) mass is 226 g/mol. The van der Waals surface area contributed by atoms with Crippen molar-refractivity contribution in [2.75, 3.05) is 18.0 Å². The molecule has 2 aromatic carbocycles. The molecule has 1 heterocycles. The Morgan fingerprint density at radius 2 is 1.94 bits per heavy atom. The van der Waals surface area contributed by atoms with Crippen LogP contribution in [0.5, 0.6) is 0 Å². The first-order chi connectivity index (χ1) is 8.40. The van der Waals surface area contributed by atoms with Gasteiger partial charge in [0.25, 0.3) is 0 Å². The zero-order chi connectivity index (χ0) is 11.7. The highest BCUT2D eigenvalue weighted by Crippen LogP contribution is 2.31. The summed E-state index contributed by atoms with van der Waals surface area (Å²) in [7, 11) is 0. The number of nitrogens with zero attached hydrogens (tertiary/aromatic N) is 1. The number of fused-ring (bicyclic) bond motifs is 1. The molecular formula is C15H18N2. The van der Waals surface area contributed by atoms with Crippen LogP contribution in [0.15, 0.2) is 42.5 Å². The van der Waals surface area contributed by atoms with Crippen LogP contribution in [0.4, 0.5) is 5.69 Å². The lowest BCUT2D eigenvalue weighted by atomic mass is 10.1. The van der Waals surface area contributed by atoms with E-state index in [0.29, 0.717) is 6.04 Å². The van der Waals surface area contributed by atoms with Gasteiger partial charge in [-0.2, -0.15) is 0 Å². The Morgan fingerprint density at radius 1 is 1.12 bits per heavy atom. The fraction of sp³-hybridized carbons (Fsp3) is 0.333. The molecule has 1 atom stereocenters. The second-order valence-corrected chi connectivity index (χ2v) is 4.72. The predicted octanol–water partition coefficient (Wildman–Crippen LogP) is 2.77. The molecule has 88 valence electrons. The lowest BCUT2D eigenvalue weighted by Gasteiger charge is -2.27. The van der Waals surface area contributed by atoms with Gasteiger partial charge in [-0.15, -0.1) is 0 Å². The third-order valence-corrected chi connectivity index (χ3v) is 3.73. The summed E-state index contributed by atoms with van der Waals surface area (Å²) in [6, 6.07) is 15.6. The van der Waals surface area contributed by atoms with Gasteiger partial charge in [0.05, 0.1) is 0 Å². The molecule has 0 aliphatic carbocycles. The van der Waals surface area contributed by atoms with E-state index in [2.05, 4.69) is 47.4 Å². The van der Waals surface area contributed by atoms with Crippen LogP contribution >= 0.6 is 0 Å². The minimum absolute atomic E-state index is 0.515. The molecule has 0 spiro atoms. The molecule has 1 aliphatic heterocycles. The van der Waals surface area contributed by atoms with Gasteiger partial charge >= 0.3 is 0 Å². The van der Waals surface area contributed by atoms with Gasteiger partial charge in [-0.3, -0.25) is 0 Å². The zero-order valence-electron chi connectivity index (χ0n) is 9.97. The number of anilines is 1. The van der Waals surface area contributed by atoms with Crippen LogP contribution in [-0.4, -0.2) is 19.1 Å². The molecule has 2 heteroatoms. The fourth-order valence-corrected chi connectivity index (χ4v) is 2.86. The molecule has 1 aliphatic rings. The molecule has 0 amide bonds. The van der Waals surface area contributed by atoms with Gasteiger partial charge < -0.3 is 10.6 Å². The Balaban J connectivity index is 2.10. The Morgan fingerprint density at radius 3 is 2.82 bits per heavy atom. The fourth-order valence-electron chi connectivity index (χ4n) is 2.86. The van der Waals surface area contributed by atoms with Gasteiger partial charge in [-0.05, 0) is 24.3 Å². The summed E-state index contributed by atoms with van der Waals surface area (Å²) in [4.78, 5) is 2.47. The Kier molecular flexibility index (Phi) is 2.73. The molecule has 0 bridgehead atoms. The number of hydrogen-bond acceptors (Lipinski definition) is 2. The number of nitrogens with two attached hydrogens (primary N) is 1. The van der Waals surface area contributed by atoms with Gasteiger partial charge in [0.2, 0.25) is 0 Å². The van der Waals surface area contributed by atoms with Crippen molar-refractivity contribution in [3.05, 3.63) is 42.5 Å². The van der Waals surface area contributed by atoms with Gasteiger partial charge in [0.1, 0.15) is 0 Å². The third-order valence-electron chi connectivity index (χ3n) is 3.73. The Labute approximate surface area is 102 Å². The quantitative estimate of drug-likeness (QED) is 0.853. The van der Waals surface area contributed by atoms with Crippen molar-refractivity contribution >= 4 is 16.5 Å². The summed E-state index contributed by atoms with van der Waals surface area (Å²) >= 11 is 0. The van der Waals surface area contributed by atoms with Crippen LogP contribution in [0.25, 0.3) is 10.8 Å². The maximum Gasteiger partial charge on any atom is 0.0448 e. The largest absolute Gasteiger partial charge is 0.367 e. The van der Waals surface area contributed by atoms with E-state index in [1.807, 2.05) is 0 Å². The normalized spacial score (nSPS) is 20.1. The van der Waals surface area contributed by atoms with Crippen molar-refractivity contribution in [2.24, 2.45) is 5.73 Å². The van der Waals surface area contributed by atoms with E-state index >= 15 is 0 Å². The lowest BCUT2D eigenvalue weighted by Crippen LogP contribution is -2.35. The Bertz CT molecular complexity index is 516. The van der Waals surface area contributed by atoms with Crippen LogP contribution < -0.4 is 10.6 Å². The van der Waals surface area contributed by atoms with Crippen LogP contribution in [0, 0.1) is 0 Å². The maximum absolute atomic E-state index is 5.86. The molecule has 17 heavy (non-hydrogen) atoms. The van der Waals surface area contributed by atoms with Crippen molar-refractivity contribution in [3.63, 3.8) is 0 Å². The molecular weight excluding hydrogens is 208 g/mol. The number of hydrogen-bond donors (Lipinski definition) is 1. The van der Waals surface area contributed by atoms with Gasteiger partial charge in [0.15, 0.2) is 0 Å². The van der Waals surface area contributed by atoms with E-state index in [9.17, 15) is 0 Å². The van der Waals surface area contributed by atoms with Crippen molar-refractivity contribution in [2.45, 2.75) is 18.9 Å². The van der Waals surface area contributed by atoms with Gasteiger partial charge in [-0.25, -0.2) is 0 Å². The van der Waals surface area contributed by atoms with Crippen LogP contribution in [0.2, 0.25) is 0 Å². The van der Waals surface area contributed by atoms with E-state index in [0.717, 1.165) is 13.1 Å². The highest BCUT2D eigenvalue weighted by Gasteiger charge is 2.24. The molecule has 2 N–H and O–H groups in total. The minimum Gasteiger partial charge on any atom is -0.367 e. The van der Waals surface area contributed by atoms with E-state index in [1.54, 1.807) is 0 Å². The van der Waals surface area contributed by atoms with E-state index in [4.69, 9.17) is 5.73 Å². The second kappa shape index (κ2) is 4.38. The van der Waals surface area contributed by atoms with Gasteiger partial charge in [-0.1, -0.05) is 36.4 Å². The van der Waals surface area contributed by atoms with Crippen molar-refractivity contribution in [3.8, 4) is 0 Å². The first-order valence-corrected chi connectivity index (χ1v) is 6.34. The average molecular weight is 226 g/mol. The highest BCUT2D eigenvalue weighted by atomic mass is 15.2. The van der Waals surface area contributed by atoms with Crippen molar-refractivity contribution in [1.29, 1.82) is 0 Å². The average Bonchev–Trinajstić information content (AvgIpc) is 2.86. The molecule has 2 aromatic rings. The van der Waals surface area contributed by atoms with Crippen molar-refractivity contribution < 1.29 is 0 Å². The molecule has 3 rings (SSSR count). The topological polar surface area (TPSA) is 29.3 Å². The summed E-state index contributed by atoms with van der Waals surface area (Å²) in [6.45, 7) is 1.89. The summed E-state index contributed by atoms with van der Waals surface area (Å²) < 4.78 is 0. The van der Waals surface area contributed by atoms with Crippen LogP contribution in [0.3, 0.4) is 0 Å². The molecule has 1 saturated heterocycles. The van der Waals surface area contributed by atoms with E-state index < -0.39 is 0 Å². The Hall–Kier alpha value is -1.54. The molecule has 1 unspecified atom stereocenters. The van der Waals surface area contributed by atoms with E-state index in [-0.39, 0.29) is 0 Å². The first-order valence-electron chi connectivity index (χ1n) is 6.34. The first kappa shape index (κ1) is 10.6. The SMILES string of the molecule is NCC1CCCN1c1cccc2ccccc12. The molecule has 0 radical (unpaired) electrons.